The van der Waals surface area contributed by atoms with E-state index < -0.39 is 0 Å². The lowest BCUT2D eigenvalue weighted by Crippen LogP contribution is -1.95. The van der Waals surface area contributed by atoms with E-state index in [1.807, 2.05) is 26.0 Å². The standard InChI is InChI=1S/C18H18O2/c1-3-19-15-10-9-14-11-13-7-5-6-8-16(13)18(20-4-2)17(14)12-15/h5-12H,3-4H2,1-2H3. The van der Waals surface area contributed by atoms with Crippen LogP contribution in [0.2, 0.25) is 0 Å². The van der Waals surface area contributed by atoms with E-state index >= 15 is 0 Å². The summed E-state index contributed by atoms with van der Waals surface area (Å²) in [5, 5.41) is 4.63. The maximum atomic E-state index is 5.91. The van der Waals surface area contributed by atoms with E-state index in [-0.39, 0.29) is 0 Å². The van der Waals surface area contributed by atoms with Crippen LogP contribution < -0.4 is 9.47 Å². The summed E-state index contributed by atoms with van der Waals surface area (Å²) in [4.78, 5) is 0. The molecule has 0 fully saturated rings. The third-order valence-electron chi connectivity index (χ3n) is 3.39. The van der Waals surface area contributed by atoms with Crippen molar-refractivity contribution < 1.29 is 9.47 Å². The summed E-state index contributed by atoms with van der Waals surface area (Å²) in [6, 6.07) is 16.7. The molecular weight excluding hydrogens is 248 g/mol. The van der Waals surface area contributed by atoms with Crippen LogP contribution in [-0.2, 0) is 0 Å². The molecule has 2 nitrogen and oxygen atoms in total. The van der Waals surface area contributed by atoms with E-state index in [1.54, 1.807) is 0 Å². The molecule has 0 unspecified atom stereocenters. The van der Waals surface area contributed by atoms with Crippen LogP contribution >= 0.6 is 0 Å². The number of ether oxygens (including phenoxy) is 2. The second kappa shape index (κ2) is 5.41. The van der Waals surface area contributed by atoms with Crippen molar-refractivity contribution >= 4 is 21.5 Å². The normalized spacial score (nSPS) is 10.9. The molecule has 102 valence electrons. The molecule has 0 saturated carbocycles. The number of hydrogen-bond donors (Lipinski definition) is 0. The zero-order valence-corrected chi connectivity index (χ0v) is 11.8. The van der Waals surface area contributed by atoms with Crippen LogP contribution in [0.25, 0.3) is 21.5 Å². The molecule has 0 aromatic heterocycles. The topological polar surface area (TPSA) is 18.5 Å². The highest BCUT2D eigenvalue weighted by atomic mass is 16.5. The Kier molecular flexibility index (Phi) is 3.46. The average molecular weight is 266 g/mol. The fraction of sp³-hybridized carbons (Fsp3) is 0.222. The summed E-state index contributed by atoms with van der Waals surface area (Å²) in [7, 11) is 0. The molecule has 20 heavy (non-hydrogen) atoms. The SMILES string of the molecule is CCOc1ccc2cc3ccccc3c(OCC)c2c1. The fourth-order valence-corrected chi connectivity index (χ4v) is 2.56. The van der Waals surface area contributed by atoms with Crippen molar-refractivity contribution in [3.8, 4) is 11.5 Å². The van der Waals surface area contributed by atoms with E-state index in [1.165, 1.54) is 10.8 Å². The first-order valence-corrected chi connectivity index (χ1v) is 7.04. The Morgan fingerprint density at radius 3 is 2.30 bits per heavy atom. The molecule has 0 N–H and O–H groups in total. The Labute approximate surface area is 118 Å². The van der Waals surface area contributed by atoms with E-state index in [2.05, 4.69) is 36.4 Å². The second-order valence-electron chi connectivity index (χ2n) is 4.68. The molecule has 3 aromatic rings. The predicted octanol–water partition coefficient (Wildman–Crippen LogP) is 4.79. The quantitative estimate of drug-likeness (QED) is 0.632. The van der Waals surface area contributed by atoms with E-state index in [0.717, 1.165) is 22.3 Å². The fourth-order valence-electron chi connectivity index (χ4n) is 2.56. The van der Waals surface area contributed by atoms with Gasteiger partial charge in [0.05, 0.1) is 13.2 Å². The highest BCUT2D eigenvalue weighted by Crippen LogP contribution is 2.36. The molecule has 0 bridgehead atoms. The molecule has 0 atom stereocenters. The van der Waals surface area contributed by atoms with Crippen LogP contribution in [0, 0.1) is 0 Å². The molecule has 3 rings (SSSR count). The molecule has 0 heterocycles. The molecule has 0 radical (unpaired) electrons. The Balaban J connectivity index is 2.33. The third kappa shape index (κ3) is 2.18. The summed E-state index contributed by atoms with van der Waals surface area (Å²) in [6.07, 6.45) is 0. The van der Waals surface area contributed by atoms with Crippen LogP contribution in [0.5, 0.6) is 11.5 Å². The van der Waals surface area contributed by atoms with Crippen molar-refractivity contribution in [3.05, 3.63) is 48.5 Å². The van der Waals surface area contributed by atoms with Gasteiger partial charge in [0.25, 0.3) is 0 Å². The maximum Gasteiger partial charge on any atom is 0.135 e. The van der Waals surface area contributed by atoms with Gasteiger partial charge in [-0.15, -0.1) is 0 Å². The molecule has 0 spiro atoms. The number of hydrogen-bond acceptors (Lipinski definition) is 2. The predicted molar refractivity (Wildman–Crippen MR) is 83.8 cm³/mol. The highest BCUT2D eigenvalue weighted by Gasteiger charge is 2.09. The zero-order chi connectivity index (χ0) is 13.9. The third-order valence-corrected chi connectivity index (χ3v) is 3.39. The highest BCUT2D eigenvalue weighted by molar-refractivity contribution is 6.05. The Hall–Kier alpha value is -2.22. The van der Waals surface area contributed by atoms with Gasteiger partial charge >= 0.3 is 0 Å². The lowest BCUT2D eigenvalue weighted by molar-refractivity contribution is 0.339. The summed E-state index contributed by atoms with van der Waals surface area (Å²) in [6.45, 7) is 5.33. The molecule has 2 heteroatoms. The van der Waals surface area contributed by atoms with Crippen molar-refractivity contribution in [2.24, 2.45) is 0 Å². The lowest BCUT2D eigenvalue weighted by Gasteiger charge is -2.13. The van der Waals surface area contributed by atoms with Gasteiger partial charge in [-0.1, -0.05) is 30.3 Å². The van der Waals surface area contributed by atoms with Gasteiger partial charge in [0.1, 0.15) is 11.5 Å². The first-order valence-electron chi connectivity index (χ1n) is 7.04. The van der Waals surface area contributed by atoms with Gasteiger partial charge in [-0.05, 0) is 42.8 Å². The monoisotopic (exact) mass is 266 g/mol. The molecule has 0 aliphatic rings. The van der Waals surface area contributed by atoms with Gasteiger partial charge in [-0.25, -0.2) is 0 Å². The van der Waals surface area contributed by atoms with Crippen molar-refractivity contribution in [3.63, 3.8) is 0 Å². The van der Waals surface area contributed by atoms with Gasteiger partial charge in [0.15, 0.2) is 0 Å². The Morgan fingerprint density at radius 1 is 0.750 bits per heavy atom. The van der Waals surface area contributed by atoms with Crippen LogP contribution in [0.1, 0.15) is 13.8 Å². The minimum Gasteiger partial charge on any atom is -0.494 e. The molecule has 0 amide bonds. The Morgan fingerprint density at radius 2 is 1.50 bits per heavy atom. The van der Waals surface area contributed by atoms with Crippen LogP contribution in [0.15, 0.2) is 48.5 Å². The van der Waals surface area contributed by atoms with Crippen molar-refractivity contribution in [2.45, 2.75) is 13.8 Å². The van der Waals surface area contributed by atoms with Crippen molar-refractivity contribution in [2.75, 3.05) is 13.2 Å². The molecule has 0 aliphatic carbocycles. The van der Waals surface area contributed by atoms with Gasteiger partial charge in [0, 0.05) is 10.8 Å². The summed E-state index contributed by atoms with van der Waals surface area (Å²) >= 11 is 0. The second-order valence-corrected chi connectivity index (χ2v) is 4.68. The van der Waals surface area contributed by atoms with Gasteiger partial charge in [0.2, 0.25) is 0 Å². The number of rotatable bonds is 4. The van der Waals surface area contributed by atoms with Gasteiger partial charge < -0.3 is 9.47 Å². The minimum atomic E-state index is 0.655. The largest absolute Gasteiger partial charge is 0.494 e. The van der Waals surface area contributed by atoms with Crippen LogP contribution in [-0.4, -0.2) is 13.2 Å². The number of fused-ring (bicyclic) bond motifs is 2. The minimum absolute atomic E-state index is 0.655. The molecule has 3 aromatic carbocycles. The van der Waals surface area contributed by atoms with Crippen molar-refractivity contribution in [1.82, 2.24) is 0 Å². The molecular formula is C18H18O2. The van der Waals surface area contributed by atoms with E-state index in [0.29, 0.717) is 13.2 Å². The number of benzene rings is 3. The van der Waals surface area contributed by atoms with E-state index in [9.17, 15) is 0 Å². The summed E-state index contributed by atoms with van der Waals surface area (Å²) < 4.78 is 11.5. The van der Waals surface area contributed by atoms with Crippen LogP contribution in [0.3, 0.4) is 0 Å². The first-order chi connectivity index (χ1) is 9.83. The van der Waals surface area contributed by atoms with Gasteiger partial charge in [-0.2, -0.15) is 0 Å². The maximum absolute atomic E-state index is 5.91. The summed E-state index contributed by atoms with van der Waals surface area (Å²) in [5.41, 5.74) is 0. The molecule has 0 saturated heterocycles. The average Bonchev–Trinajstić information content (AvgIpc) is 2.48. The summed E-state index contributed by atoms with van der Waals surface area (Å²) in [5.74, 6) is 1.83. The van der Waals surface area contributed by atoms with Gasteiger partial charge in [-0.3, -0.25) is 0 Å². The van der Waals surface area contributed by atoms with Crippen molar-refractivity contribution in [1.29, 1.82) is 0 Å². The van der Waals surface area contributed by atoms with Crippen LogP contribution in [0.4, 0.5) is 0 Å². The first kappa shape index (κ1) is 12.8. The van der Waals surface area contributed by atoms with E-state index in [4.69, 9.17) is 9.47 Å². The smallest absolute Gasteiger partial charge is 0.135 e. The zero-order valence-electron chi connectivity index (χ0n) is 11.8. The lowest BCUT2D eigenvalue weighted by atomic mass is 10.0. The molecule has 0 aliphatic heterocycles. The Bertz CT molecular complexity index is 747.